The van der Waals surface area contributed by atoms with Crippen molar-refractivity contribution >= 4 is 44.6 Å². The first kappa shape index (κ1) is 42.9. The Labute approximate surface area is 333 Å². The number of halogens is 4. The Kier molecular flexibility index (Phi) is 11.5. The first-order valence-corrected chi connectivity index (χ1v) is 20.7. The van der Waals surface area contributed by atoms with Crippen LogP contribution in [0.2, 0.25) is 0 Å². The number of nitrogens with zero attached hydrogens (tertiary/aromatic N) is 3. The van der Waals surface area contributed by atoms with E-state index >= 15 is 0 Å². The number of carbonyl (C=O) groups is 4. The maximum absolute atomic E-state index is 15.0. The number of hydrogen-bond donors (Lipinski definition) is 3. The molecule has 58 heavy (non-hydrogen) atoms. The second-order valence-corrected chi connectivity index (χ2v) is 18.8. The van der Waals surface area contributed by atoms with Gasteiger partial charge in [0.1, 0.15) is 40.7 Å². The van der Waals surface area contributed by atoms with Gasteiger partial charge in [0.15, 0.2) is 0 Å². The van der Waals surface area contributed by atoms with Gasteiger partial charge in [0.05, 0.1) is 13.7 Å². The summed E-state index contributed by atoms with van der Waals surface area (Å²) < 4.78 is 96.2. The Morgan fingerprint density at radius 3 is 2.45 bits per heavy atom. The lowest BCUT2D eigenvalue weighted by molar-refractivity contribution is -0.222. The molecular weight excluding hydrogens is 791 g/mol. The van der Waals surface area contributed by atoms with Crippen LogP contribution < -0.4 is 19.5 Å². The number of carbonyl (C=O) groups excluding carboxylic acids is 3. The van der Waals surface area contributed by atoms with Crippen molar-refractivity contribution in [3.8, 4) is 11.8 Å². The van der Waals surface area contributed by atoms with Crippen LogP contribution in [0.25, 0.3) is 10.8 Å². The standard InChI is InChI=1S/C39H49F4N5O9S/c1-22-10-6-8-12-25-19-38(25,34(51)46-58(54,55)37(21-40)14-15-37)45-31(49)28-18-26(57-32-27-13-9-7-11-24(27)17-29(44-32)56-5)20-47(28)33(50)30(23(2)16-22)48(35(52)53)36(3,4)39(41,42)43/h7-9,11-13,17,22-23,25-26,28,30H,6,10,14-16,18-21H2,1-5H3,(H,45,49)(H,46,51)(H,52,53)/b12-8-/t22-,23-,25-,26-,28+,30+,38-/m1/s1. The second-order valence-electron chi connectivity index (χ2n) is 16.7. The molecule has 3 fully saturated rings. The lowest BCUT2D eigenvalue weighted by Gasteiger charge is -2.45. The lowest BCUT2D eigenvalue weighted by atomic mass is 9.85. The fourth-order valence-electron chi connectivity index (χ4n) is 8.23. The number of allylic oxidation sites excluding steroid dienone is 1. The fourth-order valence-corrected chi connectivity index (χ4v) is 9.66. The molecule has 19 heteroatoms. The molecule has 2 aliphatic carbocycles. The number of methoxy groups -OCH3 is 1. The molecule has 3 N–H and O–H groups in total. The van der Waals surface area contributed by atoms with E-state index in [9.17, 15) is 50.3 Å². The number of nitrogens with one attached hydrogen (secondary N) is 2. The summed E-state index contributed by atoms with van der Waals surface area (Å²) in [4.78, 5) is 61.9. The maximum Gasteiger partial charge on any atom is 0.411 e. The van der Waals surface area contributed by atoms with Crippen LogP contribution in [0, 0.1) is 17.8 Å². The number of hydrogen-bond acceptors (Lipinski definition) is 9. The molecule has 14 nitrogen and oxygen atoms in total. The monoisotopic (exact) mass is 839 g/mol. The minimum Gasteiger partial charge on any atom is -0.481 e. The average Bonchev–Trinajstić information content (AvgIpc) is 4.05. The van der Waals surface area contributed by atoms with Gasteiger partial charge < -0.3 is 24.8 Å². The third kappa shape index (κ3) is 7.89. The van der Waals surface area contributed by atoms with Gasteiger partial charge in [-0.15, -0.1) is 0 Å². The summed E-state index contributed by atoms with van der Waals surface area (Å²) >= 11 is 0. The Hall–Kier alpha value is -4.68. The fraction of sp³-hybridized carbons (Fsp3) is 0.615. The van der Waals surface area contributed by atoms with Gasteiger partial charge in [-0.25, -0.2) is 17.6 Å². The molecular formula is C39H49F4N5O9S. The highest BCUT2D eigenvalue weighted by molar-refractivity contribution is 7.91. The van der Waals surface area contributed by atoms with E-state index in [-0.39, 0.29) is 54.7 Å². The van der Waals surface area contributed by atoms with Crippen LogP contribution in [0.4, 0.5) is 22.4 Å². The van der Waals surface area contributed by atoms with Crippen LogP contribution in [0.3, 0.4) is 0 Å². The predicted molar refractivity (Wildman–Crippen MR) is 202 cm³/mol. The van der Waals surface area contributed by atoms with Gasteiger partial charge in [0.2, 0.25) is 33.6 Å². The van der Waals surface area contributed by atoms with Crippen molar-refractivity contribution < 1.29 is 59.7 Å². The zero-order valence-electron chi connectivity index (χ0n) is 32.8. The Balaban J connectivity index is 1.43. The normalized spacial score (nSPS) is 29.5. The van der Waals surface area contributed by atoms with Gasteiger partial charge in [0.25, 0.3) is 5.91 Å². The first-order valence-electron chi connectivity index (χ1n) is 19.2. The van der Waals surface area contributed by atoms with E-state index in [1.165, 1.54) is 14.0 Å². The third-order valence-corrected chi connectivity index (χ3v) is 14.3. The van der Waals surface area contributed by atoms with E-state index in [0.717, 1.165) is 4.90 Å². The molecule has 2 aromatic rings. The molecule has 318 valence electrons. The smallest absolute Gasteiger partial charge is 0.411 e. The molecule has 0 radical (unpaired) electrons. The third-order valence-electron chi connectivity index (χ3n) is 12.2. The molecule has 1 saturated heterocycles. The van der Waals surface area contributed by atoms with Crippen molar-refractivity contribution in [2.75, 3.05) is 20.3 Å². The lowest BCUT2D eigenvalue weighted by Crippen LogP contribution is -2.66. The van der Waals surface area contributed by atoms with E-state index < -0.39 is 99.1 Å². The number of amides is 4. The molecule has 1 aromatic heterocycles. The van der Waals surface area contributed by atoms with Gasteiger partial charge in [-0.1, -0.05) is 44.2 Å². The van der Waals surface area contributed by atoms with Crippen LogP contribution >= 0.6 is 0 Å². The van der Waals surface area contributed by atoms with Crippen LogP contribution in [0.5, 0.6) is 11.8 Å². The number of alkyl halides is 4. The summed E-state index contributed by atoms with van der Waals surface area (Å²) in [5.74, 6) is -4.80. The highest BCUT2D eigenvalue weighted by Gasteiger charge is 2.64. The van der Waals surface area contributed by atoms with Crippen molar-refractivity contribution in [3.05, 3.63) is 42.5 Å². The molecule has 2 saturated carbocycles. The molecule has 1 aromatic carbocycles. The molecule has 0 bridgehead atoms. The quantitative estimate of drug-likeness (QED) is 0.226. The molecule has 0 unspecified atom stereocenters. The van der Waals surface area contributed by atoms with Crippen molar-refractivity contribution in [2.45, 2.75) is 113 Å². The summed E-state index contributed by atoms with van der Waals surface area (Å²) in [6.45, 7) is 3.04. The minimum atomic E-state index is -5.12. The number of rotatable bonds is 9. The highest BCUT2D eigenvalue weighted by atomic mass is 32.2. The van der Waals surface area contributed by atoms with Gasteiger partial charge in [-0.2, -0.15) is 18.2 Å². The second kappa shape index (κ2) is 15.5. The maximum atomic E-state index is 15.0. The number of aromatic nitrogens is 1. The van der Waals surface area contributed by atoms with Crippen LogP contribution in [0.1, 0.15) is 72.6 Å². The molecule has 4 aliphatic rings. The molecule has 2 aliphatic heterocycles. The first-order chi connectivity index (χ1) is 27.1. The van der Waals surface area contributed by atoms with Crippen LogP contribution in [-0.4, -0.2) is 113 Å². The van der Waals surface area contributed by atoms with E-state index in [0.29, 0.717) is 37.5 Å². The largest absolute Gasteiger partial charge is 0.481 e. The van der Waals surface area contributed by atoms with E-state index in [1.54, 1.807) is 42.5 Å². The summed E-state index contributed by atoms with van der Waals surface area (Å²) in [6.07, 6.45) is -4.03. The predicted octanol–water partition coefficient (Wildman–Crippen LogP) is 5.12. The van der Waals surface area contributed by atoms with Gasteiger partial charge >= 0.3 is 12.3 Å². The van der Waals surface area contributed by atoms with Crippen LogP contribution in [-0.2, 0) is 24.4 Å². The summed E-state index contributed by atoms with van der Waals surface area (Å²) in [7, 11) is -3.11. The number of sulfonamides is 1. The number of pyridine rings is 1. The zero-order chi connectivity index (χ0) is 42.6. The molecule has 4 amide bonds. The average molecular weight is 840 g/mol. The SMILES string of the molecule is COc1cc2ccccc2c(O[C@@H]2C[C@H]3C(=O)N[C@]4(C(=O)NS(=O)(=O)C5(CF)CC5)C[C@H]4/C=C\CC[C@@H](C)C[C@@H](C)[C@H](N(C(=O)O)C(C)(C)C(F)(F)F)C(=O)N3C2)n1. The van der Waals surface area contributed by atoms with Crippen molar-refractivity contribution in [2.24, 2.45) is 17.8 Å². The highest BCUT2D eigenvalue weighted by Crippen LogP contribution is 2.48. The van der Waals surface area contributed by atoms with Gasteiger partial charge in [-0.3, -0.25) is 24.0 Å². The Bertz CT molecular complexity index is 2100. The summed E-state index contributed by atoms with van der Waals surface area (Å²) in [6, 6.07) is 5.20. The number of fused-ring (bicyclic) bond motifs is 3. The molecule has 6 rings (SSSR count). The Morgan fingerprint density at radius 2 is 1.83 bits per heavy atom. The minimum absolute atomic E-state index is 0.00302. The molecule has 0 spiro atoms. The molecule has 3 heterocycles. The topological polar surface area (TPSA) is 185 Å². The van der Waals surface area contributed by atoms with Crippen molar-refractivity contribution in [3.63, 3.8) is 0 Å². The summed E-state index contributed by atoms with van der Waals surface area (Å²) in [5.41, 5.74) is -4.90. The van der Waals surface area contributed by atoms with E-state index in [4.69, 9.17) is 9.47 Å². The molecule has 7 atom stereocenters. The zero-order valence-corrected chi connectivity index (χ0v) is 33.7. The Morgan fingerprint density at radius 1 is 1.14 bits per heavy atom. The van der Waals surface area contributed by atoms with Crippen molar-refractivity contribution in [1.29, 1.82) is 0 Å². The van der Waals surface area contributed by atoms with Gasteiger partial charge in [-0.05, 0) is 75.7 Å². The van der Waals surface area contributed by atoms with Crippen molar-refractivity contribution in [1.82, 2.24) is 24.8 Å². The summed E-state index contributed by atoms with van der Waals surface area (Å²) in [5, 5.41) is 14.3. The number of ether oxygens (including phenoxy) is 2. The van der Waals surface area contributed by atoms with E-state index in [2.05, 4.69) is 10.3 Å². The van der Waals surface area contributed by atoms with Crippen LogP contribution in [0.15, 0.2) is 42.5 Å². The van der Waals surface area contributed by atoms with E-state index in [1.807, 2.05) is 11.6 Å². The van der Waals surface area contributed by atoms with Gasteiger partial charge in [0, 0.05) is 23.8 Å². The number of benzene rings is 1. The number of carboxylic acid groups (broad SMARTS) is 1.